The Bertz CT molecular complexity index is 368. The van der Waals surface area contributed by atoms with Crippen LogP contribution in [0.4, 0.5) is 5.69 Å². The van der Waals surface area contributed by atoms with E-state index in [4.69, 9.17) is 5.73 Å². The third-order valence-corrected chi connectivity index (χ3v) is 2.46. The first-order valence-corrected chi connectivity index (χ1v) is 4.21. The molecule has 0 spiro atoms. The van der Waals surface area contributed by atoms with E-state index in [1.807, 2.05) is 0 Å². The minimum absolute atomic E-state index is 0. The minimum atomic E-state index is -0.384. The van der Waals surface area contributed by atoms with Gasteiger partial charge >= 0.3 is 0 Å². The summed E-state index contributed by atoms with van der Waals surface area (Å²) in [6.07, 6.45) is 1.84. The molecule has 14 heavy (non-hydrogen) atoms. The maximum atomic E-state index is 10.5. The minimum Gasteiger partial charge on any atom is -0.324 e. The quantitative estimate of drug-likeness (QED) is 0.574. The van der Waals surface area contributed by atoms with Crippen molar-refractivity contribution in [3.63, 3.8) is 0 Å². The molecule has 0 radical (unpaired) electrons. The maximum absolute atomic E-state index is 10.5. The Morgan fingerprint density at radius 3 is 2.86 bits per heavy atom. The molecular weight excluding hydrogens is 204 g/mol. The van der Waals surface area contributed by atoms with Gasteiger partial charge < -0.3 is 5.73 Å². The van der Waals surface area contributed by atoms with Crippen LogP contribution in [-0.4, -0.2) is 4.92 Å². The van der Waals surface area contributed by atoms with E-state index in [-0.39, 0.29) is 29.1 Å². The zero-order valence-corrected chi connectivity index (χ0v) is 8.29. The number of fused-ring (bicyclic) bond motifs is 1. The van der Waals surface area contributed by atoms with Crippen LogP contribution in [0.25, 0.3) is 0 Å². The summed E-state index contributed by atoms with van der Waals surface area (Å²) in [5.74, 6) is 0. The fraction of sp³-hybridized carbons (Fsp3) is 0.333. The summed E-state index contributed by atoms with van der Waals surface area (Å²) in [7, 11) is 0. The standard InChI is InChI=1S/C9H10N2O2.ClH/c10-9-4-2-6-1-3-7(11(12)13)5-8(6)9;/h1,3,5,9H,2,4,10H2;1H. The van der Waals surface area contributed by atoms with Crippen molar-refractivity contribution in [2.45, 2.75) is 18.9 Å². The third kappa shape index (κ3) is 1.71. The van der Waals surface area contributed by atoms with Crippen LogP contribution in [0.5, 0.6) is 0 Å². The molecule has 4 nitrogen and oxygen atoms in total. The molecule has 0 bridgehead atoms. The van der Waals surface area contributed by atoms with E-state index < -0.39 is 0 Å². The van der Waals surface area contributed by atoms with E-state index >= 15 is 0 Å². The number of nitrogens with zero attached hydrogens (tertiary/aromatic N) is 1. The fourth-order valence-electron chi connectivity index (χ4n) is 1.74. The Kier molecular flexibility index (Phi) is 3.08. The summed E-state index contributed by atoms with van der Waals surface area (Å²) in [6, 6.07) is 4.92. The van der Waals surface area contributed by atoms with Gasteiger partial charge in [-0.3, -0.25) is 10.1 Å². The lowest BCUT2D eigenvalue weighted by Crippen LogP contribution is -2.05. The average molecular weight is 215 g/mol. The van der Waals surface area contributed by atoms with Crippen molar-refractivity contribution in [2.24, 2.45) is 5.73 Å². The second-order valence-corrected chi connectivity index (χ2v) is 3.29. The fourth-order valence-corrected chi connectivity index (χ4v) is 1.74. The van der Waals surface area contributed by atoms with Gasteiger partial charge in [-0.1, -0.05) is 6.07 Å². The summed E-state index contributed by atoms with van der Waals surface area (Å²) >= 11 is 0. The molecule has 0 amide bonds. The van der Waals surface area contributed by atoms with Crippen LogP contribution in [-0.2, 0) is 6.42 Å². The van der Waals surface area contributed by atoms with Gasteiger partial charge in [0.15, 0.2) is 0 Å². The van der Waals surface area contributed by atoms with Crippen LogP contribution >= 0.6 is 12.4 Å². The van der Waals surface area contributed by atoms with Crippen LogP contribution < -0.4 is 5.73 Å². The summed E-state index contributed by atoms with van der Waals surface area (Å²) in [5, 5.41) is 10.5. The first kappa shape index (κ1) is 10.9. The Morgan fingerprint density at radius 1 is 1.50 bits per heavy atom. The number of hydrogen-bond donors (Lipinski definition) is 1. The number of nitro benzene ring substituents is 1. The number of rotatable bonds is 1. The Morgan fingerprint density at radius 2 is 2.21 bits per heavy atom. The molecule has 1 aromatic carbocycles. The largest absolute Gasteiger partial charge is 0.324 e. The topological polar surface area (TPSA) is 69.2 Å². The van der Waals surface area contributed by atoms with Crippen molar-refractivity contribution in [1.29, 1.82) is 0 Å². The van der Waals surface area contributed by atoms with Crippen LogP contribution in [0.3, 0.4) is 0 Å². The number of halogens is 1. The van der Waals surface area contributed by atoms with Gasteiger partial charge in [0.25, 0.3) is 5.69 Å². The second kappa shape index (κ2) is 3.94. The molecular formula is C9H11ClN2O2. The van der Waals surface area contributed by atoms with E-state index in [1.54, 1.807) is 12.1 Å². The van der Waals surface area contributed by atoms with E-state index in [0.717, 1.165) is 24.0 Å². The lowest BCUT2D eigenvalue weighted by Gasteiger charge is -2.03. The normalized spacial score (nSPS) is 18.5. The first-order valence-electron chi connectivity index (χ1n) is 4.21. The zero-order valence-electron chi connectivity index (χ0n) is 7.47. The van der Waals surface area contributed by atoms with Gasteiger partial charge in [-0.2, -0.15) is 0 Å². The van der Waals surface area contributed by atoms with E-state index in [9.17, 15) is 10.1 Å². The summed E-state index contributed by atoms with van der Waals surface area (Å²) < 4.78 is 0. The molecule has 1 aromatic rings. The molecule has 5 heteroatoms. The monoisotopic (exact) mass is 214 g/mol. The zero-order chi connectivity index (χ0) is 9.42. The molecule has 0 aromatic heterocycles. The molecule has 1 aliphatic rings. The van der Waals surface area contributed by atoms with Gasteiger partial charge in [0.05, 0.1) is 4.92 Å². The summed E-state index contributed by atoms with van der Waals surface area (Å²) in [4.78, 5) is 10.1. The molecule has 1 unspecified atom stereocenters. The highest BCUT2D eigenvalue weighted by Gasteiger charge is 2.21. The highest BCUT2D eigenvalue weighted by molar-refractivity contribution is 5.85. The van der Waals surface area contributed by atoms with E-state index in [1.165, 1.54) is 6.07 Å². The maximum Gasteiger partial charge on any atom is 0.269 e. The lowest BCUT2D eigenvalue weighted by atomic mass is 10.1. The second-order valence-electron chi connectivity index (χ2n) is 3.29. The molecule has 2 rings (SSSR count). The predicted molar refractivity (Wildman–Crippen MR) is 55.6 cm³/mol. The Balaban J connectivity index is 0.000000980. The molecule has 0 heterocycles. The third-order valence-electron chi connectivity index (χ3n) is 2.46. The van der Waals surface area contributed by atoms with Crippen molar-refractivity contribution < 1.29 is 4.92 Å². The molecule has 0 aliphatic heterocycles. The Hall–Kier alpha value is -1.13. The molecule has 1 atom stereocenters. The van der Waals surface area contributed by atoms with Gasteiger partial charge in [-0.25, -0.2) is 0 Å². The number of hydrogen-bond acceptors (Lipinski definition) is 3. The first-order chi connectivity index (χ1) is 6.18. The number of nitrogens with two attached hydrogens (primary N) is 1. The average Bonchev–Trinajstić information content (AvgIpc) is 2.47. The highest BCUT2D eigenvalue weighted by atomic mass is 35.5. The van der Waals surface area contributed by atoms with Gasteiger partial charge in [0.1, 0.15) is 0 Å². The van der Waals surface area contributed by atoms with Crippen LogP contribution in [0.15, 0.2) is 18.2 Å². The van der Waals surface area contributed by atoms with Crippen molar-refractivity contribution in [3.05, 3.63) is 39.4 Å². The molecule has 0 fully saturated rings. The number of benzene rings is 1. The lowest BCUT2D eigenvalue weighted by molar-refractivity contribution is -0.384. The highest BCUT2D eigenvalue weighted by Crippen LogP contribution is 2.31. The number of aryl methyl sites for hydroxylation is 1. The van der Waals surface area contributed by atoms with Crippen LogP contribution in [0.2, 0.25) is 0 Å². The summed E-state index contributed by atoms with van der Waals surface area (Å²) in [5.41, 5.74) is 8.02. The smallest absolute Gasteiger partial charge is 0.269 e. The van der Waals surface area contributed by atoms with Crippen molar-refractivity contribution >= 4 is 18.1 Å². The van der Waals surface area contributed by atoms with Crippen molar-refractivity contribution in [3.8, 4) is 0 Å². The van der Waals surface area contributed by atoms with E-state index in [2.05, 4.69) is 0 Å². The van der Waals surface area contributed by atoms with Gasteiger partial charge in [-0.15, -0.1) is 12.4 Å². The molecule has 0 saturated heterocycles. The number of non-ortho nitro benzene ring substituents is 1. The van der Waals surface area contributed by atoms with Crippen molar-refractivity contribution in [1.82, 2.24) is 0 Å². The molecule has 2 N–H and O–H groups in total. The Labute approximate surface area is 87.7 Å². The van der Waals surface area contributed by atoms with Gasteiger partial charge in [-0.05, 0) is 24.0 Å². The van der Waals surface area contributed by atoms with E-state index in [0.29, 0.717) is 0 Å². The molecule has 0 saturated carbocycles. The van der Waals surface area contributed by atoms with Crippen LogP contribution in [0, 0.1) is 10.1 Å². The van der Waals surface area contributed by atoms with Crippen LogP contribution in [0.1, 0.15) is 23.6 Å². The SMILES string of the molecule is Cl.NC1CCc2ccc([N+](=O)[O-])cc21. The van der Waals surface area contributed by atoms with Crippen molar-refractivity contribution in [2.75, 3.05) is 0 Å². The number of nitro groups is 1. The van der Waals surface area contributed by atoms with Gasteiger partial charge in [0, 0.05) is 18.2 Å². The van der Waals surface area contributed by atoms with Gasteiger partial charge in [0.2, 0.25) is 0 Å². The summed E-state index contributed by atoms with van der Waals surface area (Å²) in [6.45, 7) is 0. The molecule has 1 aliphatic carbocycles. The predicted octanol–water partition coefficient (Wildman–Crippen LogP) is 1.96. The molecule has 76 valence electrons.